The number of non-ortho nitro benzene ring substituents is 1. The maximum Gasteiger partial charge on any atom is 0.317 e. The van der Waals surface area contributed by atoms with E-state index in [9.17, 15) is 14.9 Å². The highest BCUT2D eigenvalue weighted by Gasteiger charge is 2.45. The standard InChI is InChI=1S/C19H28N2O4/c1-14(2)20(15(3)4)13-12-19(10-5-11-19)18(22)25-17-8-6-16(7-9-17)21(23)24/h6-9,14-15H,5,10-13H2,1-4H3. The van der Waals surface area contributed by atoms with E-state index in [1.165, 1.54) is 24.3 Å². The van der Waals surface area contributed by atoms with Crippen LogP contribution in [0.15, 0.2) is 24.3 Å². The van der Waals surface area contributed by atoms with Crippen molar-refractivity contribution in [3.8, 4) is 5.75 Å². The number of nitro groups is 1. The first-order valence-corrected chi connectivity index (χ1v) is 8.98. The molecule has 1 aromatic carbocycles. The van der Waals surface area contributed by atoms with Crippen molar-refractivity contribution in [2.45, 2.75) is 65.5 Å². The topological polar surface area (TPSA) is 72.7 Å². The largest absolute Gasteiger partial charge is 0.426 e. The van der Waals surface area contributed by atoms with E-state index in [2.05, 4.69) is 32.6 Å². The Balaban J connectivity index is 2.01. The first kappa shape index (κ1) is 19.4. The molecular weight excluding hydrogens is 320 g/mol. The van der Waals surface area contributed by atoms with Gasteiger partial charge in [-0.15, -0.1) is 0 Å². The highest BCUT2D eigenvalue weighted by Crippen LogP contribution is 2.45. The van der Waals surface area contributed by atoms with Crippen molar-refractivity contribution in [2.24, 2.45) is 5.41 Å². The summed E-state index contributed by atoms with van der Waals surface area (Å²) >= 11 is 0. The van der Waals surface area contributed by atoms with Crippen molar-refractivity contribution in [1.82, 2.24) is 4.90 Å². The van der Waals surface area contributed by atoms with Gasteiger partial charge in [-0.25, -0.2) is 0 Å². The maximum atomic E-state index is 12.7. The van der Waals surface area contributed by atoms with Crippen LogP contribution in [0.25, 0.3) is 0 Å². The Hall–Kier alpha value is -1.95. The molecule has 6 heteroatoms. The zero-order chi connectivity index (χ0) is 18.6. The van der Waals surface area contributed by atoms with Crippen molar-refractivity contribution in [1.29, 1.82) is 0 Å². The Kier molecular flexibility index (Phi) is 6.16. The minimum absolute atomic E-state index is 0.0114. The highest BCUT2D eigenvalue weighted by molar-refractivity contribution is 5.80. The Morgan fingerprint density at radius 1 is 1.20 bits per heavy atom. The van der Waals surface area contributed by atoms with Crippen LogP contribution in [0.3, 0.4) is 0 Å². The van der Waals surface area contributed by atoms with E-state index in [-0.39, 0.29) is 11.7 Å². The molecule has 138 valence electrons. The summed E-state index contributed by atoms with van der Waals surface area (Å²) in [5, 5.41) is 10.7. The predicted octanol–water partition coefficient (Wildman–Crippen LogP) is 4.18. The van der Waals surface area contributed by atoms with Gasteiger partial charge in [0.05, 0.1) is 10.3 Å². The summed E-state index contributed by atoms with van der Waals surface area (Å²) in [6.07, 6.45) is 3.53. The molecule has 0 spiro atoms. The van der Waals surface area contributed by atoms with E-state index in [1.807, 2.05) is 0 Å². The van der Waals surface area contributed by atoms with Crippen LogP contribution in [0.5, 0.6) is 5.75 Å². The lowest BCUT2D eigenvalue weighted by atomic mass is 9.66. The second-order valence-corrected chi connectivity index (χ2v) is 7.45. The maximum absolute atomic E-state index is 12.7. The lowest BCUT2D eigenvalue weighted by Gasteiger charge is -2.41. The van der Waals surface area contributed by atoms with E-state index in [0.717, 1.165) is 32.2 Å². The van der Waals surface area contributed by atoms with Crippen molar-refractivity contribution in [2.75, 3.05) is 6.54 Å². The second kappa shape index (κ2) is 7.95. The first-order chi connectivity index (χ1) is 11.7. The molecule has 0 bridgehead atoms. The van der Waals surface area contributed by atoms with Crippen LogP contribution in [0.1, 0.15) is 53.4 Å². The van der Waals surface area contributed by atoms with E-state index in [1.54, 1.807) is 0 Å². The second-order valence-electron chi connectivity index (χ2n) is 7.45. The van der Waals surface area contributed by atoms with Crippen LogP contribution in [-0.4, -0.2) is 34.4 Å². The third-order valence-electron chi connectivity index (χ3n) is 5.18. The third-order valence-corrected chi connectivity index (χ3v) is 5.18. The Morgan fingerprint density at radius 2 is 1.76 bits per heavy atom. The highest BCUT2D eigenvalue weighted by atomic mass is 16.6. The summed E-state index contributed by atoms with van der Waals surface area (Å²) in [4.78, 5) is 25.3. The van der Waals surface area contributed by atoms with Crippen molar-refractivity contribution in [3.05, 3.63) is 34.4 Å². The molecule has 0 radical (unpaired) electrons. The van der Waals surface area contributed by atoms with E-state index < -0.39 is 10.3 Å². The molecule has 0 N–H and O–H groups in total. The minimum Gasteiger partial charge on any atom is -0.426 e. The van der Waals surface area contributed by atoms with Gasteiger partial charge in [0, 0.05) is 24.2 Å². The number of ether oxygens (including phenoxy) is 1. The smallest absolute Gasteiger partial charge is 0.317 e. The van der Waals surface area contributed by atoms with Crippen LogP contribution in [-0.2, 0) is 4.79 Å². The molecule has 1 fully saturated rings. The Morgan fingerprint density at radius 3 is 2.16 bits per heavy atom. The van der Waals surface area contributed by atoms with Crippen LogP contribution in [0, 0.1) is 15.5 Å². The molecule has 0 heterocycles. The molecule has 1 aliphatic rings. The average molecular weight is 348 g/mol. The summed E-state index contributed by atoms with van der Waals surface area (Å²) in [6.45, 7) is 9.54. The normalized spacial score (nSPS) is 16.1. The molecule has 1 saturated carbocycles. The molecule has 2 rings (SSSR count). The average Bonchev–Trinajstić information content (AvgIpc) is 2.49. The first-order valence-electron chi connectivity index (χ1n) is 8.98. The number of hydrogen-bond acceptors (Lipinski definition) is 5. The Labute approximate surface area is 149 Å². The summed E-state index contributed by atoms with van der Waals surface area (Å²) in [5.41, 5.74) is -0.424. The van der Waals surface area contributed by atoms with Gasteiger partial charge in [0.2, 0.25) is 0 Å². The molecule has 1 aliphatic carbocycles. The fraction of sp³-hybridized carbons (Fsp3) is 0.632. The van der Waals surface area contributed by atoms with Crippen LogP contribution in [0.2, 0.25) is 0 Å². The van der Waals surface area contributed by atoms with Gasteiger partial charge in [0.25, 0.3) is 5.69 Å². The van der Waals surface area contributed by atoms with Crippen LogP contribution < -0.4 is 4.74 Å². The van der Waals surface area contributed by atoms with Crippen molar-refractivity contribution >= 4 is 11.7 Å². The van der Waals surface area contributed by atoms with E-state index >= 15 is 0 Å². The third kappa shape index (κ3) is 4.57. The van der Waals surface area contributed by atoms with Gasteiger partial charge in [-0.3, -0.25) is 19.8 Å². The molecule has 1 aromatic rings. The van der Waals surface area contributed by atoms with Crippen LogP contribution >= 0.6 is 0 Å². The van der Waals surface area contributed by atoms with Crippen molar-refractivity contribution in [3.63, 3.8) is 0 Å². The quantitative estimate of drug-likeness (QED) is 0.305. The number of benzene rings is 1. The fourth-order valence-corrected chi connectivity index (χ4v) is 3.47. The van der Waals surface area contributed by atoms with Gasteiger partial charge < -0.3 is 4.74 Å². The van der Waals surface area contributed by atoms with Gasteiger partial charge in [-0.05, 0) is 65.6 Å². The lowest BCUT2D eigenvalue weighted by molar-refractivity contribution is -0.384. The zero-order valence-electron chi connectivity index (χ0n) is 15.5. The molecule has 25 heavy (non-hydrogen) atoms. The minimum atomic E-state index is -0.467. The summed E-state index contributed by atoms with van der Waals surface area (Å²) in [6, 6.07) is 6.55. The van der Waals surface area contributed by atoms with Gasteiger partial charge in [0.15, 0.2) is 0 Å². The fourth-order valence-electron chi connectivity index (χ4n) is 3.47. The molecule has 6 nitrogen and oxygen atoms in total. The van der Waals surface area contributed by atoms with Crippen molar-refractivity contribution < 1.29 is 14.5 Å². The number of carbonyl (C=O) groups is 1. The molecular formula is C19H28N2O4. The number of esters is 1. The summed E-state index contributed by atoms with van der Waals surface area (Å²) in [7, 11) is 0. The van der Waals surface area contributed by atoms with Gasteiger partial charge in [-0.2, -0.15) is 0 Å². The lowest BCUT2D eigenvalue weighted by Crippen LogP contribution is -2.46. The number of nitrogens with zero attached hydrogens (tertiary/aromatic N) is 2. The van der Waals surface area contributed by atoms with Crippen LogP contribution in [0.4, 0.5) is 5.69 Å². The molecule has 0 atom stereocenters. The molecule has 0 aliphatic heterocycles. The molecule has 0 saturated heterocycles. The Bertz CT molecular complexity index is 598. The zero-order valence-corrected chi connectivity index (χ0v) is 15.5. The van der Waals surface area contributed by atoms with Gasteiger partial charge >= 0.3 is 5.97 Å². The molecule has 0 aromatic heterocycles. The van der Waals surface area contributed by atoms with Gasteiger partial charge in [-0.1, -0.05) is 6.42 Å². The van der Waals surface area contributed by atoms with E-state index in [0.29, 0.717) is 17.8 Å². The summed E-state index contributed by atoms with van der Waals surface area (Å²) < 4.78 is 5.53. The number of hydrogen-bond donors (Lipinski definition) is 0. The number of rotatable bonds is 8. The van der Waals surface area contributed by atoms with Gasteiger partial charge in [0.1, 0.15) is 5.75 Å². The molecule has 0 amide bonds. The SMILES string of the molecule is CC(C)N(CCC1(C(=O)Oc2ccc([N+](=O)[O-])cc2)CCC1)C(C)C. The van der Waals surface area contributed by atoms with E-state index in [4.69, 9.17) is 4.74 Å². The number of nitro benzene ring substituents is 1. The molecule has 0 unspecified atom stereocenters. The summed E-state index contributed by atoms with van der Waals surface area (Å²) in [5.74, 6) is 0.159. The monoisotopic (exact) mass is 348 g/mol. The number of carbonyl (C=O) groups excluding carboxylic acids is 1. The predicted molar refractivity (Wildman–Crippen MR) is 96.6 cm³/mol.